The number of rotatable bonds is 5. The summed E-state index contributed by atoms with van der Waals surface area (Å²) >= 11 is 0. The number of hydrogen-bond donors (Lipinski definition) is 2. The van der Waals surface area contributed by atoms with Crippen LogP contribution in [0.15, 0.2) is 0 Å². The van der Waals surface area contributed by atoms with Gasteiger partial charge in [-0.2, -0.15) is 15.0 Å². The van der Waals surface area contributed by atoms with Gasteiger partial charge >= 0.3 is 6.01 Å². The van der Waals surface area contributed by atoms with E-state index < -0.39 is 0 Å². The Balaban J connectivity index is 2.09. The van der Waals surface area contributed by atoms with Crippen LogP contribution in [0.25, 0.3) is 0 Å². The molecule has 0 aliphatic carbocycles. The fourth-order valence-corrected chi connectivity index (χ4v) is 1.83. The predicted molar refractivity (Wildman–Crippen MR) is 72.6 cm³/mol. The van der Waals surface area contributed by atoms with Crippen LogP contribution in [0.5, 0.6) is 6.01 Å². The smallest absolute Gasteiger partial charge is 0.323 e. The van der Waals surface area contributed by atoms with Crippen LogP contribution >= 0.6 is 0 Å². The molecule has 0 aromatic carbocycles. The van der Waals surface area contributed by atoms with E-state index in [0.29, 0.717) is 24.5 Å². The van der Waals surface area contributed by atoms with E-state index in [1.165, 1.54) is 0 Å². The second-order valence-electron chi connectivity index (χ2n) is 4.74. The molecular weight excluding hydrogens is 246 g/mol. The average Bonchev–Trinajstić information content (AvgIpc) is 2.38. The van der Waals surface area contributed by atoms with Crippen LogP contribution in [0.3, 0.4) is 0 Å². The molecular formula is C12H21N5O2. The van der Waals surface area contributed by atoms with Crippen LogP contribution in [-0.4, -0.2) is 47.4 Å². The highest BCUT2D eigenvalue weighted by Crippen LogP contribution is 2.15. The van der Waals surface area contributed by atoms with Crippen molar-refractivity contribution < 1.29 is 9.47 Å². The van der Waals surface area contributed by atoms with Gasteiger partial charge in [0.15, 0.2) is 0 Å². The first-order valence-electron chi connectivity index (χ1n) is 6.62. The second-order valence-corrected chi connectivity index (χ2v) is 4.74. The molecule has 1 aromatic rings. The van der Waals surface area contributed by atoms with Gasteiger partial charge in [0.2, 0.25) is 11.9 Å². The minimum atomic E-state index is 0.0259. The van der Waals surface area contributed by atoms with Crippen LogP contribution in [0.4, 0.5) is 11.9 Å². The lowest BCUT2D eigenvalue weighted by Crippen LogP contribution is -2.31. The van der Waals surface area contributed by atoms with Crippen molar-refractivity contribution in [3.63, 3.8) is 0 Å². The summed E-state index contributed by atoms with van der Waals surface area (Å²) in [4.78, 5) is 12.7. The number of anilines is 2. The Morgan fingerprint density at radius 2 is 2.05 bits per heavy atom. The highest BCUT2D eigenvalue weighted by atomic mass is 16.5. The summed E-state index contributed by atoms with van der Waals surface area (Å²) in [7, 11) is 1.77. The third-order valence-electron chi connectivity index (χ3n) is 2.67. The largest absolute Gasteiger partial charge is 0.461 e. The van der Waals surface area contributed by atoms with Gasteiger partial charge in [-0.05, 0) is 26.7 Å². The van der Waals surface area contributed by atoms with Gasteiger partial charge in [0.25, 0.3) is 0 Å². The molecule has 1 aliphatic rings. The summed E-state index contributed by atoms with van der Waals surface area (Å²) in [6, 6.07) is 0.571. The van der Waals surface area contributed by atoms with Gasteiger partial charge in [-0.25, -0.2) is 0 Å². The summed E-state index contributed by atoms with van der Waals surface area (Å²) in [5.41, 5.74) is 0. The molecule has 1 aromatic heterocycles. The fraction of sp³-hybridized carbons (Fsp3) is 0.750. The molecule has 0 amide bonds. The van der Waals surface area contributed by atoms with E-state index in [9.17, 15) is 0 Å². The van der Waals surface area contributed by atoms with Gasteiger partial charge in [0.05, 0.1) is 18.8 Å². The van der Waals surface area contributed by atoms with Gasteiger partial charge in [-0.1, -0.05) is 0 Å². The molecule has 1 aliphatic heterocycles. The first kappa shape index (κ1) is 13.8. The topological polar surface area (TPSA) is 81.2 Å². The first-order valence-corrected chi connectivity index (χ1v) is 6.62. The Bertz CT molecular complexity index is 407. The Labute approximate surface area is 113 Å². The zero-order valence-electron chi connectivity index (χ0n) is 11.6. The molecule has 2 N–H and O–H groups in total. The van der Waals surface area contributed by atoms with Crippen LogP contribution in [0, 0.1) is 0 Å². The van der Waals surface area contributed by atoms with Crippen molar-refractivity contribution in [2.75, 3.05) is 30.9 Å². The molecule has 1 unspecified atom stereocenters. The molecule has 0 radical (unpaired) electrons. The second kappa shape index (κ2) is 6.51. The molecule has 0 saturated carbocycles. The van der Waals surface area contributed by atoms with Crippen molar-refractivity contribution in [1.29, 1.82) is 0 Å². The molecule has 1 saturated heterocycles. The maximum absolute atomic E-state index is 5.51. The van der Waals surface area contributed by atoms with E-state index >= 15 is 0 Å². The average molecular weight is 267 g/mol. The summed E-state index contributed by atoms with van der Waals surface area (Å²) in [6.07, 6.45) is 2.13. The number of hydrogen-bond acceptors (Lipinski definition) is 7. The molecule has 0 spiro atoms. The van der Waals surface area contributed by atoms with Crippen LogP contribution < -0.4 is 15.4 Å². The Morgan fingerprint density at radius 3 is 2.68 bits per heavy atom. The van der Waals surface area contributed by atoms with Crippen LogP contribution in [-0.2, 0) is 4.74 Å². The zero-order chi connectivity index (χ0) is 13.7. The molecule has 1 atom stereocenters. The number of ether oxygens (including phenoxy) is 2. The maximum Gasteiger partial charge on any atom is 0.323 e. The maximum atomic E-state index is 5.51. The van der Waals surface area contributed by atoms with E-state index in [-0.39, 0.29) is 12.1 Å². The highest BCUT2D eigenvalue weighted by Gasteiger charge is 2.16. The monoisotopic (exact) mass is 267 g/mol. The van der Waals surface area contributed by atoms with Gasteiger partial charge < -0.3 is 20.1 Å². The van der Waals surface area contributed by atoms with Gasteiger partial charge in [0, 0.05) is 13.7 Å². The van der Waals surface area contributed by atoms with E-state index in [4.69, 9.17) is 9.47 Å². The Hall–Kier alpha value is -1.63. The summed E-state index contributed by atoms with van der Waals surface area (Å²) < 4.78 is 10.9. The summed E-state index contributed by atoms with van der Waals surface area (Å²) in [5, 5.41) is 6.17. The van der Waals surface area contributed by atoms with Crippen molar-refractivity contribution in [2.45, 2.75) is 38.8 Å². The molecule has 2 rings (SSSR count). The van der Waals surface area contributed by atoms with Crippen LogP contribution in [0.2, 0.25) is 0 Å². The molecule has 0 bridgehead atoms. The van der Waals surface area contributed by atoms with Crippen molar-refractivity contribution in [3.8, 4) is 6.01 Å². The quantitative estimate of drug-likeness (QED) is 0.832. The minimum Gasteiger partial charge on any atom is -0.461 e. The highest BCUT2D eigenvalue weighted by molar-refractivity contribution is 5.36. The van der Waals surface area contributed by atoms with Crippen molar-refractivity contribution in [1.82, 2.24) is 15.0 Å². The Kier molecular flexibility index (Phi) is 4.73. The third kappa shape index (κ3) is 4.20. The number of aromatic nitrogens is 3. The molecule has 1 fully saturated rings. The minimum absolute atomic E-state index is 0.0259. The van der Waals surface area contributed by atoms with E-state index in [1.807, 2.05) is 13.8 Å². The molecule has 19 heavy (non-hydrogen) atoms. The third-order valence-corrected chi connectivity index (χ3v) is 2.67. The SMILES string of the molecule is CNc1nc(NC2CCCOC2)nc(OC(C)C)n1. The van der Waals surface area contributed by atoms with E-state index in [1.54, 1.807) is 7.05 Å². The molecule has 2 heterocycles. The number of nitrogens with one attached hydrogen (secondary N) is 2. The number of nitrogens with zero attached hydrogens (tertiary/aromatic N) is 3. The molecule has 106 valence electrons. The summed E-state index contributed by atoms with van der Waals surface area (Å²) in [5.74, 6) is 1.01. The first-order chi connectivity index (χ1) is 9.17. The zero-order valence-corrected chi connectivity index (χ0v) is 11.6. The lowest BCUT2D eigenvalue weighted by Gasteiger charge is -2.23. The van der Waals surface area contributed by atoms with E-state index in [0.717, 1.165) is 19.4 Å². The lowest BCUT2D eigenvalue weighted by molar-refractivity contribution is 0.0873. The fourth-order valence-electron chi connectivity index (χ4n) is 1.83. The van der Waals surface area contributed by atoms with Crippen molar-refractivity contribution >= 4 is 11.9 Å². The lowest BCUT2D eigenvalue weighted by atomic mass is 10.1. The van der Waals surface area contributed by atoms with Crippen LogP contribution in [0.1, 0.15) is 26.7 Å². The standard InChI is InChI=1S/C12H21N5O2/c1-8(2)19-12-16-10(13-3)15-11(17-12)14-9-5-4-6-18-7-9/h8-9H,4-7H2,1-3H3,(H2,13,14,15,16,17). The Morgan fingerprint density at radius 1 is 1.26 bits per heavy atom. The normalized spacial score (nSPS) is 19.3. The van der Waals surface area contributed by atoms with Gasteiger partial charge in [0.1, 0.15) is 0 Å². The van der Waals surface area contributed by atoms with Crippen molar-refractivity contribution in [2.24, 2.45) is 0 Å². The molecule has 7 heteroatoms. The summed E-state index contributed by atoms with van der Waals surface area (Å²) in [6.45, 7) is 5.38. The van der Waals surface area contributed by atoms with E-state index in [2.05, 4.69) is 25.6 Å². The molecule has 7 nitrogen and oxygen atoms in total. The predicted octanol–water partition coefficient (Wildman–Crippen LogP) is 1.29. The van der Waals surface area contributed by atoms with Gasteiger partial charge in [-0.15, -0.1) is 0 Å². The van der Waals surface area contributed by atoms with Crippen molar-refractivity contribution in [3.05, 3.63) is 0 Å². The van der Waals surface area contributed by atoms with Gasteiger partial charge in [-0.3, -0.25) is 0 Å².